The minimum absolute atomic E-state index is 0.100. The molecule has 126 valence electrons. The Labute approximate surface area is 145 Å². The summed E-state index contributed by atoms with van der Waals surface area (Å²) in [6, 6.07) is 9.66. The van der Waals surface area contributed by atoms with Crippen LogP contribution in [0, 0.1) is 0 Å². The molecule has 1 amide bonds. The van der Waals surface area contributed by atoms with Crippen molar-refractivity contribution in [2.45, 2.75) is 31.0 Å². The molecule has 2 aromatic rings. The van der Waals surface area contributed by atoms with Crippen LogP contribution in [0.3, 0.4) is 0 Å². The monoisotopic (exact) mass is 344 g/mol. The van der Waals surface area contributed by atoms with E-state index in [1.165, 1.54) is 0 Å². The van der Waals surface area contributed by atoms with Gasteiger partial charge >= 0.3 is 0 Å². The number of hydrogen-bond acceptors (Lipinski definition) is 5. The van der Waals surface area contributed by atoms with E-state index < -0.39 is 0 Å². The van der Waals surface area contributed by atoms with Crippen LogP contribution in [0.1, 0.15) is 17.7 Å². The summed E-state index contributed by atoms with van der Waals surface area (Å²) in [4.78, 5) is 19.6. The van der Waals surface area contributed by atoms with E-state index >= 15 is 0 Å². The first-order valence-corrected chi connectivity index (χ1v) is 9.12. The normalized spacial score (nSPS) is 22.2. The Morgan fingerprint density at radius 1 is 1.38 bits per heavy atom. The number of likely N-dealkylation sites (tertiary alicyclic amines) is 1. The van der Waals surface area contributed by atoms with Gasteiger partial charge in [0.1, 0.15) is 11.7 Å². The van der Waals surface area contributed by atoms with Crippen molar-refractivity contribution in [3.8, 4) is 5.88 Å². The van der Waals surface area contributed by atoms with Crippen molar-refractivity contribution >= 4 is 17.2 Å². The van der Waals surface area contributed by atoms with E-state index in [0.717, 1.165) is 17.7 Å². The molecule has 24 heavy (non-hydrogen) atoms. The standard InChI is InChI=1S/C18H20N2O3S/c21-17(10-15-4-3-9-24-15)20-12-18(13-20)11-14(6-8-22-18)23-16-5-1-2-7-19-16/h1-5,7,9,14H,6,8,10-13H2. The molecule has 0 N–H and O–H groups in total. The molecule has 4 rings (SSSR count). The molecule has 4 heterocycles. The van der Waals surface area contributed by atoms with Crippen LogP contribution in [0.2, 0.25) is 0 Å². The highest BCUT2D eigenvalue weighted by molar-refractivity contribution is 7.10. The lowest BCUT2D eigenvalue weighted by Crippen LogP contribution is -2.67. The van der Waals surface area contributed by atoms with Gasteiger partial charge in [-0.25, -0.2) is 4.98 Å². The maximum absolute atomic E-state index is 12.3. The molecule has 2 saturated heterocycles. The predicted molar refractivity (Wildman–Crippen MR) is 91.2 cm³/mol. The molecule has 6 heteroatoms. The van der Waals surface area contributed by atoms with Crippen LogP contribution in [0.4, 0.5) is 0 Å². The predicted octanol–water partition coefficient (Wildman–Crippen LogP) is 2.52. The average molecular weight is 344 g/mol. The summed E-state index contributed by atoms with van der Waals surface area (Å²) in [5.41, 5.74) is -0.233. The molecule has 0 radical (unpaired) electrons. The second kappa shape index (κ2) is 6.53. The SMILES string of the molecule is O=C(Cc1cccs1)N1CC2(CC(Oc3ccccn3)CCO2)C1. The molecule has 2 aliphatic heterocycles. The molecule has 2 aromatic heterocycles. The zero-order chi connectivity index (χ0) is 16.4. The third kappa shape index (κ3) is 3.30. The van der Waals surface area contributed by atoms with Gasteiger partial charge < -0.3 is 14.4 Å². The van der Waals surface area contributed by atoms with Gasteiger partial charge in [0.2, 0.25) is 11.8 Å². The number of nitrogens with zero attached hydrogens (tertiary/aromatic N) is 2. The van der Waals surface area contributed by atoms with Crippen LogP contribution in [0.5, 0.6) is 5.88 Å². The smallest absolute Gasteiger partial charge is 0.228 e. The molecular weight excluding hydrogens is 324 g/mol. The number of hydrogen-bond donors (Lipinski definition) is 0. The average Bonchev–Trinajstić information content (AvgIpc) is 3.06. The summed E-state index contributed by atoms with van der Waals surface area (Å²) in [6.45, 7) is 2.00. The zero-order valence-electron chi connectivity index (χ0n) is 13.4. The van der Waals surface area contributed by atoms with Gasteiger partial charge in [0.15, 0.2) is 0 Å². The number of amides is 1. The van der Waals surface area contributed by atoms with Gasteiger partial charge in [-0.15, -0.1) is 11.3 Å². The molecule has 0 aliphatic carbocycles. The van der Waals surface area contributed by atoms with Crippen LogP contribution in [-0.4, -0.2) is 47.2 Å². The zero-order valence-corrected chi connectivity index (χ0v) is 14.2. The van der Waals surface area contributed by atoms with Crippen LogP contribution in [0.15, 0.2) is 41.9 Å². The van der Waals surface area contributed by atoms with Crippen molar-refractivity contribution < 1.29 is 14.3 Å². The van der Waals surface area contributed by atoms with E-state index in [0.29, 0.717) is 32.0 Å². The van der Waals surface area contributed by atoms with Crippen LogP contribution < -0.4 is 4.74 Å². The topological polar surface area (TPSA) is 51.7 Å². The maximum Gasteiger partial charge on any atom is 0.228 e. The lowest BCUT2D eigenvalue weighted by Gasteiger charge is -2.52. The van der Waals surface area contributed by atoms with Crippen LogP contribution in [0.25, 0.3) is 0 Å². The maximum atomic E-state index is 12.3. The van der Waals surface area contributed by atoms with Crippen LogP contribution in [-0.2, 0) is 16.0 Å². The van der Waals surface area contributed by atoms with E-state index in [1.54, 1.807) is 17.5 Å². The van der Waals surface area contributed by atoms with Gasteiger partial charge in [-0.2, -0.15) is 0 Å². The Bertz CT molecular complexity index is 684. The number of rotatable bonds is 4. The van der Waals surface area contributed by atoms with Crippen molar-refractivity contribution in [1.82, 2.24) is 9.88 Å². The molecule has 5 nitrogen and oxygen atoms in total. The Balaban J connectivity index is 1.31. The van der Waals surface area contributed by atoms with Gasteiger partial charge in [-0.05, 0) is 17.5 Å². The van der Waals surface area contributed by atoms with Gasteiger partial charge in [0, 0.05) is 30.0 Å². The lowest BCUT2D eigenvalue weighted by molar-refractivity contribution is -0.193. The Morgan fingerprint density at radius 2 is 2.29 bits per heavy atom. The molecule has 0 saturated carbocycles. The molecule has 2 fully saturated rings. The van der Waals surface area contributed by atoms with Crippen molar-refractivity contribution in [3.05, 3.63) is 46.8 Å². The van der Waals surface area contributed by atoms with E-state index in [-0.39, 0.29) is 17.6 Å². The number of pyridine rings is 1. The minimum atomic E-state index is -0.233. The fourth-order valence-electron chi connectivity index (χ4n) is 3.39. The minimum Gasteiger partial charge on any atom is -0.474 e. The first-order chi connectivity index (χ1) is 11.7. The van der Waals surface area contributed by atoms with Crippen molar-refractivity contribution in [2.75, 3.05) is 19.7 Å². The largest absolute Gasteiger partial charge is 0.474 e. The Hall–Kier alpha value is -1.92. The highest BCUT2D eigenvalue weighted by atomic mass is 32.1. The van der Waals surface area contributed by atoms with Gasteiger partial charge in [-0.1, -0.05) is 12.1 Å². The number of thiophene rings is 1. The first-order valence-electron chi connectivity index (χ1n) is 8.24. The van der Waals surface area contributed by atoms with E-state index in [9.17, 15) is 4.79 Å². The second-order valence-electron chi connectivity index (χ2n) is 6.44. The quantitative estimate of drug-likeness (QED) is 0.855. The van der Waals surface area contributed by atoms with Crippen LogP contribution >= 0.6 is 11.3 Å². The highest BCUT2D eigenvalue weighted by Gasteiger charge is 2.49. The Morgan fingerprint density at radius 3 is 3.04 bits per heavy atom. The lowest BCUT2D eigenvalue weighted by atomic mass is 9.84. The summed E-state index contributed by atoms with van der Waals surface area (Å²) in [6.07, 6.45) is 4.00. The molecule has 1 spiro atoms. The van der Waals surface area contributed by atoms with Gasteiger partial charge in [-0.3, -0.25) is 4.79 Å². The molecule has 2 aliphatic rings. The Kier molecular flexibility index (Phi) is 4.24. The molecular formula is C18H20N2O3S. The summed E-state index contributed by atoms with van der Waals surface area (Å²) in [7, 11) is 0. The summed E-state index contributed by atoms with van der Waals surface area (Å²) in [5, 5.41) is 2.00. The second-order valence-corrected chi connectivity index (χ2v) is 7.47. The fourth-order valence-corrected chi connectivity index (χ4v) is 4.09. The molecule has 1 atom stereocenters. The third-order valence-electron chi connectivity index (χ3n) is 4.59. The van der Waals surface area contributed by atoms with Crippen molar-refractivity contribution in [3.63, 3.8) is 0 Å². The van der Waals surface area contributed by atoms with Gasteiger partial charge in [0.25, 0.3) is 0 Å². The third-order valence-corrected chi connectivity index (χ3v) is 5.47. The van der Waals surface area contributed by atoms with E-state index in [4.69, 9.17) is 9.47 Å². The van der Waals surface area contributed by atoms with Crippen molar-refractivity contribution in [1.29, 1.82) is 0 Å². The first kappa shape index (κ1) is 15.6. The summed E-state index contributed by atoms with van der Waals surface area (Å²) >= 11 is 1.63. The number of carbonyl (C=O) groups excluding carboxylic acids is 1. The van der Waals surface area contributed by atoms with E-state index in [1.807, 2.05) is 40.6 Å². The van der Waals surface area contributed by atoms with E-state index in [2.05, 4.69) is 4.98 Å². The summed E-state index contributed by atoms with van der Waals surface area (Å²) < 4.78 is 12.0. The molecule has 1 unspecified atom stereocenters. The highest BCUT2D eigenvalue weighted by Crippen LogP contribution is 2.36. The fraction of sp³-hybridized carbons (Fsp3) is 0.444. The number of ether oxygens (including phenoxy) is 2. The number of carbonyl (C=O) groups is 1. The number of aromatic nitrogens is 1. The summed E-state index contributed by atoms with van der Waals surface area (Å²) in [5.74, 6) is 0.837. The van der Waals surface area contributed by atoms with Crippen molar-refractivity contribution in [2.24, 2.45) is 0 Å². The molecule has 0 aromatic carbocycles. The van der Waals surface area contributed by atoms with Gasteiger partial charge in [0.05, 0.1) is 26.1 Å². The molecule has 0 bridgehead atoms.